The van der Waals surface area contributed by atoms with Crippen molar-refractivity contribution in [2.24, 2.45) is 0 Å². The molecule has 1 aromatic heterocycles. The summed E-state index contributed by atoms with van der Waals surface area (Å²) in [7, 11) is 0. The maximum atomic E-state index is 10.5. The highest BCUT2D eigenvalue weighted by Gasteiger charge is 2.02. The summed E-state index contributed by atoms with van der Waals surface area (Å²) >= 11 is 0. The average molecular weight is 227 g/mol. The fourth-order valence-electron chi connectivity index (χ4n) is 1.33. The van der Waals surface area contributed by atoms with Crippen molar-refractivity contribution in [3.63, 3.8) is 0 Å². The summed E-state index contributed by atoms with van der Waals surface area (Å²) in [5, 5.41) is 8.58. The predicted octanol–water partition coefficient (Wildman–Crippen LogP) is 3.02. The molecule has 0 fully saturated rings. The van der Waals surface area contributed by atoms with Gasteiger partial charge in [-0.15, -0.1) is 0 Å². The molecule has 17 heavy (non-hydrogen) atoms. The Morgan fingerprint density at radius 2 is 2.12 bits per heavy atom. The third-order valence-corrected chi connectivity index (χ3v) is 2.05. The van der Waals surface area contributed by atoms with Crippen LogP contribution in [0.5, 0.6) is 0 Å². The fourth-order valence-corrected chi connectivity index (χ4v) is 1.33. The van der Waals surface area contributed by atoms with Crippen LogP contribution >= 0.6 is 0 Å². The van der Waals surface area contributed by atoms with Crippen molar-refractivity contribution in [2.45, 2.75) is 0 Å². The minimum Gasteiger partial charge on any atom is -0.478 e. The molecule has 3 nitrogen and oxygen atoms in total. The summed E-state index contributed by atoms with van der Waals surface area (Å²) in [5.41, 5.74) is 2.29. The summed E-state index contributed by atoms with van der Waals surface area (Å²) in [6.07, 6.45) is 11.1. The van der Waals surface area contributed by atoms with Gasteiger partial charge in [0, 0.05) is 17.8 Å². The van der Waals surface area contributed by atoms with E-state index in [4.69, 9.17) is 5.11 Å². The van der Waals surface area contributed by atoms with Gasteiger partial charge in [-0.25, -0.2) is 4.79 Å². The number of carbonyl (C=O) groups is 1. The van der Waals surface area contributed by atoms with Crippen LogP contribution in [-0.2, 0) is 4.79 Å². The monoisotopic (exact) mass is 227 g/mol. The van der Waals surface area contributed by atoms with Gasteiger partial charge >= 0.3 is 5.97 Å². The van der Waals surface area contributed by atoms with E-state index in [2.05, 4.69) is 18.1 Å². The van der Waals surface area contributed by atoms with Gasteiger partial charge in [0.2, 0.25) is 0 Å². The van der Waals surface area contributed by atoms with Crippen LogP contribution in [-0.4, -0.2) is 16.1 Å². The molecule has 0 spiro atoms. The van der Waals surface area contributed by atoms with Crippen molar-refractivity contribution < 1.29 is 9.90 Å². The molecule has 0 aromatic carbocycles. The van der Waals surface area contributed by atoms with Crippen LogP contribution in [0.3, 0.4) is 0 Å². The van der Waals surface area contributed by atoms with Crippen molar-refractivity contribution in [1.82, 2.24) is 4.98 Å². The first-order valence-electron chi connectivity index (χ1n) is 5.00. The zero-order chi connectivity index (χ0) is 12.7. The number of hydrogen-bond donors (Lipinski definition) is 1. The molecule has 0 radical (unpaired) electrons. The zero-order valence-electron chi connectivity index (χ0n) is 9.34. The summed E-state index contributed by atoms with van der Waals surface area (Å²) in [4.78, 5) is 14.6. The Morgan fingerprint density at radius 1 is 1.35 bits per heavy atom. The normalized spacial score (nSPS) is 10.8. The van der Waals surface area contributed by atoms with Crippen LogP contribution in [0.25, 0.3) is 18.2 Å². The van der Waals surface area contributed by atoms with Gasteiger partial charge < -0.3 is 5.11 Å². The van der Waals surface area contributed by atoms with Crippen molar-refractivity contribution >= 4 is 24.2 Å². The molecule has 1 aromatic rings. The van der Waals surface area contributed by atoms with Crippen LogP contribution in [0.15, 0.2) is 43.6 Å². The van der Waals surface area contributed by atoms with Crippen LogP contribution in [0, 0.1) is 0 Å². The number of hydrogen-bond acceptors (Lipinski definition) is 2. The number of carboxylic acids is 1. The highest BCUT2D eigenvalue weighted by Crippen LogP contribution is 2.17. The van der Waals surface area contributed by atoms with E-state index in [1.807, 2.05) is 12.1 Å². The Bertz CT molecular complexity index is 499. The number of rotatable bonds is 5. The van der Waals surface area contributed by atoms with Gasteiger partial charge in [0.1, 0.15) is 0 Å². The topological polar surface area (TPSA) is 50.2 Å². The SMILES string of the molecule is C=CC=Cc1ccnc(C=CC(=O)O)c1C=C. The number of aliphatic carboxylic acids is 1. The van der Waals surface area contributed by atoms with E-state index in [-0.39, 0.29) is 0 Å². The highest BCUT2D eigenvalue weighted by atomic mass is 16.4. The van der Waals surface area contributed by atoms with Crippen molar-refractivity contribution in [3.05, 3.63) is 60.5 Å². The third-order valence-electron chi connectivity index (χ3n) is 2.05. The predicted molar refractivity (Wildman–Crippen MR) is 70.2 cm³/mol. The molecule has 0 amide bonds. The van der Waals surface area contributed by atoms with Crippen LogP contribution in [0.2, 0.25) is 0 Å². The Kier molecular flexibility index (Phi) is 4.63. The first kappa shape index (κ1) is 12.6. The smallest absolute Gasteiger partial charge is 0.328 e. The zero-order valence-corrected chi connectivity index (χ0v) is 9.34. The van der Waals surface area contributed by atoms with Gasteiger partial charge in [0.25, 0.3) is 0 Å². The minimum atomic E-state index is -1.01. The van der Waals surface area contributed by atoms with Gasteiger partial charge in [-0.05, 0) is 17.7 Å². The van der Waals surface area contributed by atoms with E-state index in [1.54, 1.807) is 24.4 Å². The number of aromatic nitrogens is 1. The molecule has 0 saturated heterocycles. The van der Waals surface area contributed by atoms with Crippen molar-refractivity contribution in [2.75, 3.05) is 0 Å². The molecule has 1 N–H and O–H groups in total. The Morgan fingerprint density at radius 3 is 2.71 bits per heavy atom. The molecule has 0 bridgehead atoms. The van der Waals surface area contributed by atoms with E-state index in [1.165, 1.54) is 6.08 Å². The second kappa shape index (κ2) is 6.23. The molecule has 1 heterocycles. The van der Waals surface area contributed by atoms with Gasteiger partial charge in [-0.2, -0.15) is 0 Å². The Balaban J connectivity index is 3.22. The minimum absolute atomic E-state index is 0.577. The molecule has 3 heteroatoms. The lowest BCUT2D eigenvalue weighted by atomic mass is 10.1. The average Bonchev–Trinajstić information content (AvgIpc) is 2.33. The molecule has 0 aliphatic rings. The molecule has 0 atom stereocenters. The number of nitrogens with zero attached hydrogens (tertiary/aromatic N) is 1. The molecule has 1 rings (SSSR count). The summed E-state index contributed by atoms with van der Waals surface area (Å²) in [6.45, 7) is 7.30. The summed E-state index contributed by atoms with van der Waals surface area (Å²) in [5.74, 6) is -1.01. The Hall–Kier alpha value is -2.42. The fraction of sp³-hybridized carbons (Fsp3) is 0. The van der Waals surface area contributed by atoms with Crippen LogP contribution in [0.1, 0.15) is 16.8 Å². The maximum absolute atomic E-state index is 10.5. The highest BCUT2D eigenvalue weighted by molar-refractivity contribution is 5.86. The number of carboxylic acid groups (broad SMARTS) is 1. The summed E-state index contributed by atoms with van der Waals surface area (Å²) in [6, 6.07) is 1.83. The first-order valence-corrected chi connectivity index (χ1v) is 5.00. The van der Waals surface area contributed by atoms with E-state index in [9.17, 15) is 4.79 Å². The van der Waals surface area contributed by atoms with Crippen molar-refractivity contribution in [3.8, 4) is 0 Å². The van der Waals surface area contributed by atoms with Crippen molar-refractivity contribution in [1.29, 1.82) is 0 Å². The lowest BCUT2D eigenvalue weighted by Crippen LogP contribution is -1.92. The van der Waals surface area contributed by atoms with E-state index in [0.717, 1.165) is 17.2 Å². The molecular weight excluding hydrogens is 214 g/mol. The summed E-state index contributed by atoms with van der Waals surface area (Å²) < 4.78 is 0. The largest absolute Gasteiger partial charge is 0.478 e. The quantitative estimate of drug-likeness (QED) is 0.621. The molecule has 0 aliphatic heterocycles. The molecule has 86 valence electrons. The molecule has 0 saturated carbocycles. The van der Waals surface area contributed by atoms with E-state index >= 15 is 0 Å². The van der Waals surface area contributed by atoms with Gasteiger partial charge in [0.15, 0.2) is 0 Å². The van der Waals surface area contributed by atoms with E-state index in [0.29, 0.717) is 5.69 Å². The van der Waals surface area contributed by atoms with Crippen LogP contribution in [0.4, 0.5) is 0 Å². The van der Waals surface area contributed by atoms with E-state index < -0.39 is 5.97 Å². The van der Waals surface area contributed by atoms with Gasteiger partial charge in [-0.3, -0.25) is 4.98 Å². The first-order chi connectivity index (χ1) is 8.19. The van der Waals surface area contributed by atoms with Crippen LogP contribution < -0.4 is 0 Å². The lowest BCUT2D eigenvalue weighted by Gasteiger charge is -2.03. The number of pyridine rings is 1. The standard InChI is InChI=1S/C14H13NO2/c1-3-5-6-11-9-10-15-13(12(11)4-2)7-8-14(16)17/h3-10H,1-2H2,(H,16,17). The molecule has 0 aliphatic carbocycles. The van der Waals surface area contributed by atoms with Gasteiger partial charge in [-0.1, -0.05) is 37.5 Å². The molecule has 0 unspecified atom stereocenters. The second-order valence-corrected chi connectivity index (χ2v) is 3.17. The lowest BCUT2D eigenvalue weighted by molar-refractivity contribution is -0.131. The maximum Gasteiger partial charge on any atom is 0.328 e. The second-order valence-electron chi connectivity index (χ2n) is 3.17. The number of allylic oxidation sites excluding steroid dienone is 2. The Labute approximate surface area is 100 Å². The molecular formula is C14H13NO2. The third kappa shape index (κ3) is 3.57. The van der Waals surface area contributed by atoms with Gasteiger partial charge in [0.05, 0.1) is 5.69 Å².